The van der Waals surface area contributed by atoms with E-state index in [0.29, 0.717) is 5.69 Å². The fourth-order valence-electron chi connectivity index (χ4n) is 2.64. The Labute approximate surface area is 86.9 Å². The van der Waals surface area contributed by atoms with Crippen molar-refractivity contribution in [1.82, 2.24) is 0 Å². The van der Waals surface area contributed by atoms with Crippen LogP contribution in [0.2, 0.25) is 0 Å². The van der Waals surface area contributed by atoms with E-state index in [1.807, 2.05) is 6.08 Å². The Hall–Kier alpha value is -1.64. The van der Waals surface area contributed by atoms with Gasteiger partial charge in [0.05, 0.1) is 10.1 Å². The first-order valence-corrected chi connectivity index (χ1v) is 5.27. The summed E-state index contributed by atoms with van der Waals surface area (Å²) in [6.07, 6.45) is 7.79. The van der Waals surface area contributed by atoms with Crippen molar-refractivity contribution in [1.29, 1.82) is 0 Å². The molecule has 1 aromatic rings. The van der Waals surface area contributed by atoms with Crippen molar-refractivity contribution in [3.05, 3.63) is 37.7 Å². The highest BCUT2D eigenvalue weighted by atomic mass is 16.6. The zero-order chi connectivity index (χ0) is 10.4. The summed E-state index contributed by atoms with van der Waals surface area (Å²) in [4.78, 5) is 10.9. The molecule has 0 aromatic heterocycles. The number of fused-ring (bicyclic) bond motifs is 2. The Kier molecular flexibility index (Phi) is 1.69. The molecule has 15 heavy (non-hydrogen) atoms. The summed E-state index contributed by atoms with van der Waals surface area (Å²) in [7, 11) is 0. The van der Waals surface area contributed by atoms with Crippen LogP contribution in [-0.2, 0) is 12.8 Å². The van der Waals surface area contributed by atoms with Gasteiger partial charge in [0.2, 0.25) is 0 Å². The Morgan fingerprint density at radius 3 is 2.80 bits per heavy atom. The van der Waals surface area contributed by atoms with Gasteiger partial charge >= 0.3 is 0 Å². The molecule has 0 N–H and O–H groups in total. The first kappa shape index (κ1) is 8.65. The Morgan fingerprint density at radius 2 is 2.00 bits per heavy atom. The lowest BCUT2D eigenvalue weighted by molar-refractivity contribution is -0.386. The summed E-state index contributed by atoms with van der Waals surface area (Å²) < 4.78 is 0. The maximum absolute atomic E-state index is 11.1. The molecule has 3 rings (SSSR count). The van der Waals surface area contributed by atoms with E-state index in [4.69, 9.17) is 0 Å². The van der Waals surface area contributed by atoms with Gasteiger partial charge in [0, 0.05) is 5.56 Å². The second-order valence-corrected chi connectivity index (χ2v) is 4.11. The molecular formula is C12H11NO2. The van der Waals surface area contributed by atoms with Crippen molar-refractivity contribution in [2.24, 2.45) is 0 Å². The average Bonchev–Trinajstić information content (AvgIpc) is 2.79. The van der Waals surface area contributed by atoms with Gasteiger partial charge in [-0.2, -0.15) is 0 Å². The van der Waals surface area contributed by atoms with E-state index < -0.39 is 0 Å². The van der Waals surface area contributed by atoms with Crippen LogP contribution in [0.15, 0.2) is 6.07 Å². The van der Waals surface area contributed by atoms with Gasteiger partial charge in [0.15, 0.2) is 0 Å². The van der Waals surface area contributed by atoms with Gasteiger partial charge in [-0.3, -0.25) is 10.1 Å². The summed E-state index contributed by atoms with van der Waals surface area (Å²) in [5.74, 6) is 0. The number of nitrogens with zero attached hydrogens (tertiary/aromatic N) is 1. The van der Waals surface area contributed by atoms with Crippen molar-refractivity contribution in [2.75, 3.05) is 0 Å². The molecule has 3 heteroatoms. The summed E-state index contributed by atoms with van der Waals surface area (Å²) in [6.45, 7) is 0. The first-order valence-electron chi connectivity index (χ1n) is 5.27. The lowest BCUT2D eigenvalue weighted by Crippen LogP contribution is -2.20. The van der Waals surface area contributed by atoms with E-state index in [1.165, 1.54) is 0 Å². The van der Waals surface area contributed by atoms with Crippen LogP contribution in [-0.4, -0.2) is 4.92 Å². The van der Waals surface area contributed by atoms with Crippen molar-refractivity contribution in [3.63, 3.8) is 0 Å². The minimum atomic E-state index is -0.210. The summed E-state index contributed by atoms with van der Waals surface area (Å²) in [5.41, 5.74) is 2.46. The molecule has 0 fully saturated rings. The highest BCUT2D eigenvalue weighted by molar-refractivity contribution is 5.57. The van der Waals surface area contributed by atoms with Crippen molar-refractivity contribution in [3.8, 4) is 0 Å². The first-order chi connectivity index (χ1) is 7.27. The largest absolute Gasteiger partial charge is 0.280 e. The Balaban J connectivity index is 2.46. The molecule has 0 saturated carbocycles. The Bertz CT molecular complexity index is 572. The van der Waals surface area contributed by atoms with E-state index in [0.717, 1.165) is 47.2 Å². The van der Waals surface area contributed by atoms with Crippen molar-refractivity contribution >= 4 is 17.8 Å². The normalized spacial score (nSPS) is 16.5. The molecule has 3 nitrogen and oxygen atoms in total. The maximum atomic E-state index is 11.1. The maximum Gasteiger partial charge on any atom is 0.280 e. The van der Waals surface area contributed by atoms with Crippen LogP contribution in [0.5, 0.6) is 0 Å². The van der Waals surface area contributed by atoms with Crippen LogP contribution in [0.3, 0.4) is 0 Å². The standard InChI is InChI=1S/C12H11NO2/c14-13(15)12-10-5-1-3-8(10)7-9-4-2-6-11(9)12/h3,6-7H,1-2,4-5H2. The molecule has 0 heterocycles. The van der Waals surface area contributed by atoms with Crippen LogP contribution >= 0.6 is 0 Å². The van der Waals surface area contributed by atoms with Crippen LogP contribution in [0.1, 0.15) is 24.0 Å². The molecule has 0 unspecified atom stereocenters. The summed E-state index contributed by atoms with van der Waals surface area (Å²) in [5, 5.41) is 13.1. The third-order valence-electron chi connectivity index (χ3n) is 3.27. The second kappa shape index (κ2) is 2.92. The molecule has 0 aliphatic heterocycles. The van der Waals surface area contributed by atoms with Gasteiger partial charge in [-0.25, -0.2) is 0 Å². The molecule has 0 saturated heterocycles. The lowest BCUT2D eigenvalue weighted by Gasteiger charge is -2.01. The molecule has 0 spiro atoms. The molecule has 1 aromatic carbocycles. The van der Waals surface area contributed by atoms with E-state index in [1.54, 1.807) is 0 Å². The SMILES string of the molecule is O=[N+]([O-])c1c2c(cc3c1=CCC3)=CCC2. The predicted molar refractivity (Wildman–Crippen MR) is 57.9 cm³/mol. The summed E-state index contributed by atoms with van der Waals surface area (Å²) in [6, 6.07) is 2.13. The zero-order valence-corrected chi connectivity index (χ0v) is 8.32. The molecule has 2 aliphatic carbocycles. The molecule has 76 valence electrons. The molecular weight excluding hydrogens is 190 g/mol. The molecule has 0 radical (unpaired) electrons. The third kappa shape index (κ3) is 1.12. The van der Waals surface area contributed by atoms with Crippen molar-refractivity contribution in [2.45, 2.75) is 25.7 Å². The zero-order valence-electron chi connectivity index (χ0n) is 8.32. The number of nitro benzene ring substituents is 1. The van der Waals surface area contributed by atoms with Crippen LogP contribution in [0, 0.1) is 10.1 Å². The topological polar surface area (TPSA) is 43.1 Å². The van der Waals surface area contributed by atoms with E-state index >= 15 is 0 Å². The fourth-order valence-corrected chi connectivity index (χ4v) is 2.64. The van der Waals surface area contributed by atoms with Gasteiger partial charge in [-0.15, -0.1) is 0 Å². The quantitative estimate of drug-likeness (QED) is 0.503. The highest BCUT2D eigenvalue weighted by Crippen LogP contribution is 2.20. The summed E-state index contributed by atoms with van der Waals surface area (Å²) >= 11 is 0. The lowest BCUT2D eigenvalue weighted by atomic mass is 10.0. The molecule has 0 amide bonds. The van der Waals surface area contributed by atoms with Gasteiger partial charge in [-0.05, 0) is 36.5 Å². The Morgan fingerprint density at radius 1 is 1.20 bits per heavy atom. The number of rotatable bonds is 1. The number of benzene rings is 1. The van der Waals surface area contributed by atoms with Gasteiger partial charge in [0.1, 0.15) is 0 Å². The van der Waals surface area contributed by atoms with E-state index in [-0.39, 0.29) is 4.92 Å². The van der Waals surface area contributed by atoms with Gasteiger partial charge in [0.25, 0.3) is 5.69 Å². The molecule has 0 atom stereocenters. The van der Waals surface area contributed by atoms with Crippen molar-refractivity contribution < 1.29 is 4.92 Å². The van der Waals surface area contributed by atoms with Crippen LogP contribution in [0.4, 0.5) is 5.69 Å². The number of aryl methyl sites for hydroxylation is 1. The number of hydrogen-bond donors (Lipinski definition) is 0. The molecule has 0 bridgehead atoms. The van der Waals surface area contributed by atoms with Crippen LogP contribution < -0.4 is 10.4 Å². The second-order valence-electron chi connectivity index (χ2n) is 4.11. The number of nitro groups is 1. The highest BCUT2D eigenvalue weighted by Gasteiger charge is 2.23. The van der Waals surface area contributed by atoms with Gasteiger partial charge in [-0.1, -0.05) is 18.2 Å². The van der Waals surface area contributed by atoms with Gasteiger partial charge < -0.3 is 0 Å². The smallest absolute Gasteiger partial charge is 0.258 e. The average molecular weight is 201 g/mol. The molecule has 2 aliphatic rings. The van der Waals surface area contributed by atoms with Crippen LogP contribution in [0.25, 0.3) is 12.2 Å². The monoisotopic (exact) mass is 201 g/mol. The van der Waals surface area contributed by atoms with E-state index in [9.17, 15) is 10.1 Å². The number of hydrogen-bond acceptors (Lipinski definition) is 2. The van der Waals surface area contributed by atoms with E-state index in [2.05, 4.69) is 12.1 Å². The minimum absolute atomic E-state index is 0.210. The predicted octanol–water partition coefficient (Wildman–Crippen LogP) is 1.05. The fraction of sp³-hybridized carbons (Fsp3) is 0.333. The third-order valence-corrected chi connectivity index (χ3v) is 3.27. The minimum Gasteiger partial charge on any atom is -0.258 e.